The molecule has 0 atom stereocenters. The van der Waals surface area contributed by atoms with Gasteiger partial charge in [-0.1, -0.05) is 43.4 Å². The van der Waals surface area contributed by atoms with Crippen molar-refractivity contribution in [2.45, 2.75) is 19.8 Å². The Hall–Kier alpha value is -2.51. The first-order valence-corrected chi connectivity index (χ1v) is 10.4. The molecule has 0 bridgehead atoms. The number of hydrogen-bond acceptors (Lipinski definition) is 5. The van der Waals surface area contributed by atoms with Gasteiger partial charge in [-0.25, -0.2) is 9.37 Å². The summed E-state index contributed by atoms with van der Waals surface area (Å²) >= 11 is 1.31. The number of halogens is 1. The van der Waals surface area contributed by atoms with Crippen LogP contribution in [0.4, 0.5) is 9.52 Å². The van der Waals surface area contributed by atoms with Crippen LogP contribution >= 0.6 is 11.3 Å². The highest BCUT2D eigenvalue weighted by Crippen LogP contribution is 2.30. The molecule has 0 radical (unpaired) electrons. The molecular formula is C22H26FN3O2S. The molecular weight excluding hydrogens is 389 g/mol. The number of nitrogens with zero attached hydrogens (tertiary/aromatic N) is 3. The summed E-state index contributed by atoms with van der Waals surface area (Å²) in [5.41, 5.74) is 1.51. The van der Waals surface area contributed by atoms with E-state index in [0.717, 1.165) is 0 Å². The van der Waals surface area contributed by atoms with Crippen molar-refractivity contribution in [3.8, 4) is 5.75 Å². The van der Waals surface area contributed by atoms with Gasteiger partial charge in [0.2, 0.25) is 0 Å². The van der Waals surface area contributed by atoms with Crippen LogP contribution in [0.5, 0.6) is 5.75 Å². The van der Waals surface area contributed by atoms with E-state index in [-0.39, 0.29) is 18.3 Å². The zero-order chi connectivity index (χ0) is 21.0. The van der Waals surface area contributed by atoms with Crippen LogP contribution in [0.25, 0.3) is 10.2 Å². The topological polar surface area (TPSA) is 45.7 Å². The number of ether oxygens (including phenoxy) is 1. The van der Waals surface area contributed by atoms with Crippen molar-refractivity contribution in [2.75, 3.05) is 38.7 Å². The van der Waals surface area contributed by atoms with Crippen molar-refractivity contribution in [3.05, 3.63) is 53.8 Å². The molecule has 0 aliphatic rings. The largest absolute Gasteiger partial charge is 0.484 e. The molecule has 0 aliphatic heterocycles. The zero-order valence-corrected chi connectivity index (χ0v) is 18.0. The second-order valence-electron chi connectivity index (χ2n) is 7.44. The van der Waals surface area contributed by atoms with Gasteiger partial charge in [0.15, 0.2) is 11.7 Å². The van der Waals surface area contributed by atoms with Gasteiger partial charge in [-0.15, -0.1) is 0 Å². The maximum Gasteiger partial charge on any atom is 0.266 e. The number of rotatable bonds is 8. The third-order valence-electron chi connectivity index (χ3n) is 4.57. The van der Waals surface area contributed by atoms with Gasteiger partial charge in [0.05, 0.1) is 4.70 Å². The predicted molar refractivity (Wildman–Crippen MR) is 117 cm³/mol. The van der Waals surface area contributed by atoms with Crippen LogP contribution in [0.15, 0.2) is 42.5 Å². The second-order valence-corrected chi connectivity index (χ2v) is 8.45. The molecule has 0 fully saturated rings. The zero-order valence-electron chi connectivity index (χ0n) is 17.2. The van der Waals surface area contributed by atoms with E-state index in [2.05, 4.69) is 18.8 Å². The highest BCUT2D eigenvalue weighted by Gasteiger charge is 2.21. The molecule has 3 aromatic rings. The average molecular weight is 416 g/mol. The Morgan fingerprint density at radius 1 is 1.14 bits per heavy atom. The van der Waals surface area contributed by atoms with Crippen molar-refractivity contribution in [2.24, 2.45) is 0 Å². The van der Waals surface area contributed by atoms with Gasteiger partial charge in [0.1, 0.15) is 17.1 Å². The smallest absolute Gasteiger partial charge is 0.266 e. The van der Waals surface area contributed by atoms with Crippen LogP contribution in [-0.4, -0.2) is 49.6 Å². The van der Waals surface area contributed by atoms with Crippen LogP contribution < -0.4 is 9.64 Å². The Balaban J connectivity index is 1.76. The Kier molecular flexibility index (Phi) is 6.82. The molecule has 1 aromatic heterocycles. The molecule has 2 aromatic carbocycles. The van der Waals surface area contributed by atoms with Crippen LogP contribution in [0.3, 0.4) is 0 Å². The highest BCUT2D eigenvalue weighted by molar-refractivity contribution is 7.22. The highest BCUT2D eigenvalue weighted by atomic mass is 32.1. The Labute approximate surface area is 174 Å². The normalized spacial score (nSPS) is 11.4. The van der Waals surface area contributed by atoms with E-state index < -0.39 is 0 Å². The fourth-order valence-electron chi connectivity index (χ4n) is 2.82. The number of carbonyl (C=O) groups excluding carboxylic acids is 1. The summed E-state index contributed by atoms with van der Waals surface area (Å²) in [7, 11) is 3.88. The number of carbonyl (C=O) groups is 1. The fourth-order valence-corrected chi connectivity index (χ4v) is 3.84. The van der Waals surface area contributed by atoms with Crippen molar-refractivity contribution in [1.82, 2.24) is 9.88 Å². The maximum atomic E-state index is 14.0. The molecule has 0 saturated carbocycles. The van der Waals surface area contributed by atoms with Gasteiger partial charge < -0.3 is 9.64 Å². The standard InChI is InChI=1S/C22H26FN3O2S/c1-15(2)16-8-10-17(11-9-16)28-14-20(27)26(13-12-25(3)4)22-24-21-18(23)6-5-7-19(21)29-22/h5-11,15H,12-14H2,1-4H3. The number of hydrogen-bond donors (Lipinski definition) is 0. The first kappa shape index (κ1) is 21.2. The van der Waals surface area contributed by atoms with Crippen LogP contribution in [0, 0.1) is 5.82 Å². The minimum Gasteiger partial charge on any atom is -0.484 e. The molecule has 0 spiro atoms. The molecule has 0 saturated heterocycles. The molecule has 0 N–H and O–H groups in total. The SMILES string of the molecule is CC(C)c1ccc(OCC(=O)N(CCN(C)C)c2nc3c(F)cccc3s2)cc1. The van der Waals surface area contributed by atoms with E-state index in [4.69, 9.17) is 4.74 Å². The van der Waals surface area contributed by atoms with Crippen molar-refractivity contribution < 1.29 is 13.9 Å². The van der Waals surface area contributed by atoms with E-state index in [0.29, 0.717) is 40.1 Å². The van der Waals surface area contributed by atoms with E-state index in [1.165, 1.54) is 23.0 Å². The molecule has 5 nitrogen and oxygen atoms in total. The van der Waals surface area contributed by atoms with Gasteiger partial charge in [-0.05, 0) is 49.8 Å². The molecule has 3 rings (SSSR count). The van der Waals surface area contributed by atoms with Crippen molar-refractivity contribution in [1.29, 1.82) is 0 Å². The number of thiazole rings is 1. The van der Waals surface area contributed by atoms with Gasteiger partial charge in [-0.3, -0.25) is 9.69 Å². The van der Waals surface area contributed by atoms with Crippen LogP contribution in [0.1, 0.15) is 25.3 Å². The lowest BCUT2D eigenvalue weighted by atomic mass is 10.0. The Bertz CT molecular complexity index is 970. The first-order valence-electron chi connectivity index (χ1n) is 9.58. The summed E-state index contributed by atoms with van der Waals surface area (Å²) in [6.45, 7) is 5.26. The van der Waals surface area contributed by atoms with Gasteiger partial charge >= 0.3 is 0 Å². The molecule has 154 valence electrons. The summed E-state index contributed by atoms with van der Waals surface area (Å²) in [5, 5.41) is 0.482. The minimum atomic E-state index is -0.383. The number of anilines is 1. The second kappa shape index (κ2) is 9.33. The quantitative estimate of drug-likeness (QED) is 0.542. The Morgan fingerprint density at radius 3 is 2.48 bits per heavy atom. The number of para-hydroxylation sites is 1. The van der Waals surface area contributed by atoms with E-state index >= 15 is 0 Å². The van der Waals surface area contributed by atoms with Crippen molar-refractivity contribution >= 4 is 32.6 Å². The molecule has 7 heteroatoms. The van der Waals surface area contributed by atoms with Gasteiger partial charge in [-0.2, -0.15) is 0 Å². The summed E-state index contributed by atoms with van der Waals surface area (Å²) in [4.78, 5) is 20.9. The number of benzene rings is 2. The van der Waals surface area contributed by atoms with Crippen molar-refractivity contribution in [3.63, 3.8) is 0 Å². The monoisotopic (exact) mass is 415 g/mol. The van der Waals surface area contributed by atoms with E-state index in [9.17, 15) is 9.18 Å². The lowest BCUT2D eigenvalue weighted by Crippen LogP contribution is -2.39. The van der Waals surface area contributed by atoms with Gasteiger partial charge in [0.25, 0.3) is 5.91 Å². The molecule has 1 amide bonds. The molecule has 0 unspecified atom stereocenters. The third-order valence-corrected chi connectivity index (χ3v) is 5.61. The lowest BCUT2D eigenvalue weighted by molar-refractivity contribution is -0.120. The number of likely N-dealkylation sites (N-methyl/N-ethyl adjacent to an activating group) is 1. The van der Waals surface area contributed by atoms with Crippen LogP contribution in [0.2, 0.25) is 0 Å². The van der Waals surface area contributed by atoms with E-state index in [1.54, 1.807) is 17.0 Å². The molecule has 29 heavy (non-hydrogen) atoms. The number of aromatic nitrogens is 1. The Morgan fingerprint density at radius 2 is 1.86 bits per heavy atom. The predicted octanol–water partition coefficient (Wildman–Crippen LogP) is 4.53. The molecule has 1 heterocycles. The lowest BCUT2D eigenvalue weighted by Gasteiger charge is -2.22. The average Bonchev–Trinajstić information content (AvgIpc) is 3.12. The summed E-state index contributed by atoms with van der Waals surface area (Å²) in [6.07, 6.45) is 0. The van der Waals surface area contributed by atoms with E-state index in [1.807, 2.05) is 43.3 Å². The molecule has 0 aliphatic carbocycles. The summed E-state index contributed by atoms with van der Waals surface area (Å²) in [5.74, 6) is 0.489. The summed E-state index contributed by atoms with van der Waals surface area (Å²) < 4.78 is 20.5. The summed E-state index contributed by atoms with van der Waals surface area (Å²) in [6, 6.07) is 12.6. The first-order chi connectivity index (χ1) is 13.8. The van der Waals surface area contributed by atoms with Crippen LogP contribution in [-0.2, 0) is 4.79 Å². The maximum absolute atomic E-state index is 14.0. The number of fused-ring (bicyclic) bond motifs is 1. The van der Waals surface area contributed by atoms with Gasteiger partial charge in [0, 0.05) is 13.1 Å². The fraction of sp³-hybridized carbons (Fsp3) is 0.364. The number of amides is 1. The minimum absolute atomic E-state index is 0.104. The third kappa shape index (κ3) is 5.31.